The summed E-state index contributed by atoms with van der Waals surface area (Å²) in [5.41, 5.74) is 0.972. The molecule has 0 bridgehead atoms. The fraction of sp³-hybridized carbons (Fsp3) is 0.611. The van der Waals surface area contributed by atoms with Crippen LogP contribution in [0.15, 0.2) is 18.2 Å². The highest BCUT2D eigenvalue weighted by Gasteiger charge is 2.31. The van der Waals surface area contributed by atoms with Crippen LogP contribution >= 0.6 is 0 Å². The summed E-state index contributed by atoms with van der Waals surface area (Å²) in [6.45, 7) is 12.3. The van der Waals surface area contributed by atoms with E-state index in [-0.39, 0.29) is 12.0 Å². The lowest BCUT2D eigenvalue weighted by molar-refractivity contribution is -0.139. The first kappa shape index (κ1) is 18.5. The quantitative estimate of drug-likeness (QED) is 0.778. The van der Waals surface area contributed by atoms with E-state index in [0.29, 0.717) is 13.0 Å². The maximum atomic E-state index is 12.4. The number of aryl methyl sites for hydroxylation is 1. The predicted molar refractivity (Wildman–Crippen MR) is 90.5 cm³/mol. The van der Waals surface area contributed by atoms with Crippen molar-refractivity contribution in [3.8, 4) is 5.75 Å². The highest BCUT2D eigenvalue weighted by molar-refractivity contribution is 5.97. The third kappa shape index (κ3) is 4.73. The Bertz CT molecular complexity index is 501. The number of rotatable bonds is 8. The van der Waals surface area contributed by atoms with Gasteiger partial charge in [-0.3, -0.25) is 4.79 Å². The van der Waals surface area contributed by atoms with E-state index in [9.17, 15) is 4.79 Å². The summed E-state index contributed by atoms with van der Waals surface area (Å²) in [4.78, 5) is 12.4. The van der Waals surface area contributed by atoms with Crippen LogP contribution in [-0.4, -0.2) is 24.2 Å². The van der Waals surface area contributed by atoms with Crippen molar-refractivity contribution in [1.82, 2.24) is 0 Å². The second kappa shape index (κ2) is 8.18. The SMILES string of the molecule is CCO[C@](C)(CC)C(=O)Nc1ccc(O[C@H](C)CC)c(C)c1. The molecule has 124 valence electrons. The summed E-state index contributed by atoms with van der Waals surface area (Å²) < 4.78 is 11.4. The van der Waals surface area contributed by atoms with E-state index >= 15 is 0 Å². The van der Waals surface area contributed by atoms with Gasteiger partial charge in [-0.2, -0.15) is 0 Å². The molecule has 0 aromatic heterocycles. The van der Waals surface area contributed by atoms with Gasteiger partial charge in [0.15, 0.2) is 0 Å². The zero-order valence-corrected chi connectivity index (χ0v) is 14.7. The van der Waals surface area contributed by atoms with Crippen LogP contribution < -0.4 is 10.1 Å². The normalized spacial score (nSPS) is 15.0. The van der Waals surface area contributed by atoms with Gasteiger partial charge in [0.2, 0.25) is 0 Å². The molecule has 0 aliphatic heterocycles. The molecule has 4 nitrogen and oxygen atoms in total. The van der Waals surface area contributed by atoms with E-state index in [0.717, 1.165) is 23.4 Å². The van der Waals surface area contributed by atoms with Crippen molar-refractivity contribution < 1.29 is 14.3 Å². The molecule has 0 saturated carbocycles. The topological polar surface area (TPSA) is 47.6 Å². The Morgan fingerprint density at radius 3 is 2.50 bits per heavy atom. The first-order valence-corrected chi connectivity index (χ1v) is 8.09. The Labute approximate surface area is 134 Å². The van der Waals surface area contributed by atoms with E-state index in [1.807, 2.05) is 52.8 Å². The molecule has 4 heteroatoms. The standard InChI is InChI=1S/C18H29NO3/c1-7-14(5)22-16-11-10-15(12-13(16)4)19-17(20)18(6,8-2)21-9-3/h10-12,14H,7-9H2,1-6H3,(H,19,20)/t14-,18-/m1/s1. The molecule has 22 heavy (non-hydrogen) atoms. The summed E-state index contributed by atoms with van der Waals surface area (Å²) in [6, 6.07) is 5.70. The van der Waals surface area contributed by atoms with Crippen molar-refractivity contribution in [2.45, 2.75) is 66.1 Å². The lowest BCUT2D eigenvalue weighted by Crippen LogP contribution is -2.42. The van der Waals surface area contributed by atoms with Crippen LogP contribution in [0.1, 0.15) is 53.0 Å². The average Bonchev–Trinajstić information content (AvgIpc) is 2.49. The van der Waals surface area contributed by atoms with Crippen LogP contribution in [0.5, 0.6) is 5.75 Å². The summed E-state index contributed by atoms with van der Waals surface area (Å²) in [5, 5.41) is 2.93. The molecular weight excluding hydrogens is 278 g/mol. The molecule has 0 aliphatic carbocycles. The van der Waals surface area contributed by atoms with Crippen molar-refractivity contribution in [2.24, 2.45) is 0 Å². The number of carbonyl (C=O) groups excluding carboxylic acids is 1. The lowest BCUT2D eigenvalue weighted by Gasteiger charge is -2.27. The van der Waals surface area contributed by atoms with Crippen molar-refractivity contribution in [1.29, 1.82) is 0 Å². The Morgan fingerprint density at radius 1 is 1.32 bits per heavy atom. The lowest BCUT2D eigenvalue weighted by atomic mass is 10.0. The van der Waals surface area contributed by atoms with Gasteiger partial charge in [0.05, 0.1) is 6.10 Å². The third-order valence-corrected chi connectivity index (χ3v) is 3.95. The summed E-state index contributed by atoms with van der Waals surface area (Å²) in [7, 11) is 0. The summed E-state index contributed by atoms with van der Waals surface area (Å²) in [6.07, 6.45) is 1.77. The minimum absolute atomic E-state index is 0.119. The highest BCUT2D eigenvalue weighted by atomic mass is 16.5. The fourth-order valence-corrected chi connectivity index (χ4v) is 2.07. The van der Waals surface area contributed by atoms with Crippen molar-refractivity contribution >= 4 is 11.6 Å². The second-order valence-electron chi connectivity index (χ2n) is 5.79. The molecule has 2 atom stereocenters. The van der Waals surface area contributed by atoms with Crippen LogP contribution in [-0.2, 0) is 9.53 Å². The first-order valence-electron chi connectivity index (χ1n) is 8.09. The minimum atomic E-state index is -0.797. The highest BCUT2D eigenvalue weighted by Crippen LogP contribution is 2.25. The Balaban J connectivity index is 2.82. The zero-order valence-electron chi connectivity index (χ0n) is 14.7. The molecule has 1 aromatic carbocycles. The van der Waals surface area contributed by atoms with E-state index < -0.39 is 5.60 Å². The van der Waals surface area contributed by atoms with Crippen LogP contribution in [0.25, 0.3) is 0 Å². The number of carbonyl (C=O) groups is 1. The molecule has 0 aliphatic rings. The minimum Gasteiger partial charge on any atom is -0.490 e. The summed E-state index contributed by atoms with van der Waals surface area (Å²) in [5.74, 6) is 0.738. The molecule has 0 spiro atoms. The van der Waals surface area contributed by atoms with Crippen molar-refractivity contribution in [3.05, 3.63) is 23.8 Å². The molecule has 1 N–H and O–H groups in total. The number of nitrogens with one attached hydrogen (secondary N) is 1. The number of amides is 1. The van der Waals surface area contributed by atoms with E-state index in [1.54, 1.807) is 0 Å². The van der Waals surface area contributed by atoms with Gasteiger partial charge in [-0.05, 0) is 64.3 Å². The van der Waals surface area contributed by atoms with E-state index in [2.05, 4.69) is 12.2 Å². The smallest absolute Gasteiger partial charge is 0.256 e. The maximum absolute atomic E-state index is 12.4. The number of anilines is 1. The molecule has 0 heterocycles. The molecule has 0 unspecified atom stereocenters. The van der Waals surface area contributed by atoms with Gasteiger partial charge in [-0.15, -0.1) is 0 Å². The van der Waals surface area contributed by atoms with Gasteiger partial charge in [-0.25, -0.2) is 0 Å². The van der Waals surface area contributed by atoms with Gasteiger partial charge in [-0.1, -0.05) is 13.8 Å². The third-order valence-electron chi connectivity index (χ3n) is 3.95. The van der Waals surface area contributed by atoms with Crippen LogP contribution in [0.4, 0.5) is 5.69 Å². The maximum Gasteiger partial charge on any atom is 0.256 e. The number of benzene rings is 1. The summed E-state index contributed by atoms with van der Waals surface area (Å²) >= 11 is 0. The van der Waals surface area contributed by atoms with Gasteiger partial charge in [0, 0.05) is 12.3 Å². The van der Waals surface area contributed by atoms with Crippen LogP contribution in [0.3, 0.4) is 0 Å². The molecular formula is C18H29NO3. The Hall–Kier alpha value is -1.55. The Kier molecular flexibility index (Phi) is 6.88. The molecule has 1 amide bonds. The number of ether oxygens (including phenoxy) is 2. The van der Waals surface area contributed by atoms with Gasteiger partial charge in [0.1, 0.15) is 11.4 Å². The fourth-order valence-electron chi connectivity index (χ4n) is 2.07. The van der Waals surface area contributed by atoms with Crippen molar-refractivity contribution in [2.75, 3.05) is 11.9 Å². The van der Waals surface area contributed by atoms with E-state index in [4.69, 9.17) is 9.47 Å². The Morgan fingerprint density at radius 2 is 2.00 bits per heavy atom. The molecule has 1 rings (SSSR count). The average molecular weight is 307 g/mol. The molecule has 1 aromatic rings. The van der Waals surface area contributed by atoms with Crippen LogP contribution in [0, 0.1) is 6.92 Å². The van der Waals surface area contributed by atoms with Crippen molar-refractivity contribution in [3.63, 3.8) is 0 Å². The number of hydrogen-bond donors (Lipinski definition) is 1. The zero-order chi connectivity index (χ0) is 16.8. The van der Waals surface area contributed by atoms with E-state index in [1.165, 1.54) is 0 Å². The van der Waals surface area contributed by atoms with Gasteiger partial charge >= 0.3 is 0 Å². The monoisotopic (exact) mass is 307 g/mol. The number of hydrogen-bond acceptors (Lipinski definition) is 3. The largest absolute Gasteiger partial charge is 0.490 e. The first-order chi connectivity index (χ1) is 10.4. The van der Waals surface area contributed by atoms with Gasteiger partial charge < -0.3 is 14.8 Å². The van der Waals surface area contributed by atoms with Gasteiger partial charge in [0.25, 0.3) is 5.91 Å². The molecule has 0 saturated heterocycles. The molecule has 0 radical (unpaired) electrons. The predicted octanol–water partition coefficient (Wildman–Crippen LogP) is 4.32. The second-order valence-corrected chi connectivity index (χ2v) is 5.79. The van der Waals surface area contributed by atoms with Crippen LogP contribution in [0.2, 0.25) is 0 Å². The molecule has 0 fully saturated rings.